The van der Waals surface area contributed by atoms with Gasteiger partial charge in [0.25, 0.3) is 0 Å². The smallest absolute Gasteiger partial charge is 0.309 e. The predicted octanol–water partition coefficient (Wildman–Crippen LogP) is 1.26. The van der Waals surface area contributed by atoms with Crippen LogP contribution in [-0.4, -0.2) is 44.6 Å². The number of carboxylic acid groups (broad SMARTS) is 2. The van der Waals surface area contributed by atoms with E-state index in [9.17, 15) is 9.59 Å². The molecule has 7 nitrogen and oxygen atoms in total. The Morgan fingerprint density at radius 3 is 2.55 bits per heavy atom. The molecule has 2 aromatic rings. The molecule has 2 N–H and O–H groups in total. The van der Waals surface area contributed by atoms with Gasteiger partial charge in [-0.1, -0.05) is 0 Å². The van der Waals surface area contributed by atoms with Crippen LogP contribution in [0.15, 0.2) is 24.5 Å². The predicted molar refractivity (Wildman–Crippen MR) is 79.1 cm³/mol. The van der Waals surface area contributed by atoms with Crippen molar-refractivity contribution in [3.05, 3.63) is 30.2 Å². The summed E-state index contributed by atoms with van der Waals surface area (Å²) in [5, 5.41) is 17.8. The lowest BCUT2D eigenvalue weighted by atomic mass is 9.97. The standard InChI is InChI=1S/C15H17N3O4/c19-14(20)7-11-8-18-9-12(1-2-13(18)16-11)17-5-3-10(4-6-17)15(21)22/h1-2,8-10H,3-7H2,(H,19,20)(H,21,22). The first-order valence-corrected chi connectivity index (χ1v) is 7.20. The van der Waals surface area contributed by atoms with E-state index in [0.29, 0.717) is 37.3 Å². The Morgan fingerprint density at radius 1 is 1.18 bits per heavy atom. The van der Waals surface area contributed by atoms with Crippen LogP contribution in [0, 0.1) is 5.92 Å². The summed E-state index contributed by atoms with van der Waals surface area (Å²) in [5.41, 5.74) is 2.23. The Balaban J connectivity index is 1.77. The molecule has 0 saturated carbocycles. The molecule has 2 aromatic heterocycles. The third kappa shape index (κ3) is 2.88. The lowest BCUT2D eigenvalue weighted by Crippen LogP contribution is -2.36. The summed E-state index contributed by atoms with van der Waals surface area (Å²) < 4.78 is 1.82. The number of piperidine rings is 1. The third-order valence-electron chi connectivity index (χ3n) is 4.03. The van der Waals surface area contributed by atoms with Crippen molar-refractivity contribution in [3.63, 3.8) is 0 Å². The minimum absolute atomic E-state index is 0.0962. The fraction of sp³-hybridized carbons (Fsp3) is 0.400. The number of anilines is 1. The number of fused-ring (bicyclic) bond motifs is 1. The van der Waals surface area contributed by atoms with Crippen molar-refractivity contribution >= 4 is 23.3 Å². The number of hydrogen-bond acceptors (Lipinski definition) is 4. The molecule has 3 rings (SSSR count). The molecule has 0 aliphatic carbocycles. The van der Waals surface area contributed by atoms with E-state index in [1.165, 1.54) is 0 Å². The summed E-state index contributed by atoms with van der Waals surface area (Å²) in [6.07, 6.45) is 4.82. The molecule has 3 heterocycles. The van der Waals surface area contributed by atoms with E-state index in [1.807, 2.05) is 22.7 Å². The van der Waals surface area contributed by atoms with Gasteiger partial charge in [-0.3, -0.25) is 9.59 Å². The largest absolute Gasteiger partial charge is 0.481 e. The maximum absolute atomic E-state index is 11.0. The molecule has 0 bridgehead atoms. The number of rotatable bonds is 4. The van der Waals surface area contributed by atoms with Gasteiger partial charge in [0.2, 0.25) is 0 Å². The zero-order valence-electron chi connectivity index (χ0n) is 12.0. The van der Waals surface area contributed by atoms with E-state index in [0.717, 1.165) is 5.69 Å². The first-order chi connectivity index (χ1) is 10.5. The maximum atomic E-state index is 11.0. The third-order valence-corrected chi connectivity index (χ3v) is 4.03. The van der Waals surface area contributed by atoms with E-state index in [2.05, 4.69) is 9.88 Å². The molecule has 0 spiro atoms. The Labute approximate surface area is 126 Å². The highest BCUT2D eigenvalue weighted by atomic mass is 16.4. The second-order valence-electron chi connectivity index (χ2n) is 5.56. The Kier molecular flexibility index (Phi) is 3.70. The monoisotopic (exact) mass is 303 g/mol. The number of imidazole rings is 1. The van der Waals surface area contributed by atoms with Crippen molar-refractivity contribution in [1.82, 2.24) is 9.38 Å². The molecule has 0 radical (unpaired) electrons. The zero-order valence-corrected chi connectivity index (χ0v) is 12.0. The SMILES string of the molecule is O=C(O)Cc1cn2cc(N3CCC(C(=O)O)CC3)ccc2n1. The molecule has 0 unspecified atom stereocenters. The second-order valence-corrected chi connectivity index (χ2v) is 5.56. The van der Waals surface area contributed by atoms with Crippen molar-refractivity contribution in [1.29, 1.82) is 0 Å². The van der Waals surface area contributed by atoms with Crippen molar-refractivity contribution in [2.45, 2.75) is 19.3 Å². The fourth-order valence-corrected chi connectivity index (χ4v) is 2.84. The van der Waals surface area contributed by atoms with Crippen molar-refractivity contribution in [2.75, 3.05) is 18.0 Å². The molecule has 1 fully saturated rings. The summed E-state index contributed by atoms with van der Waals surface area (Å²) in [4.78, 5) is 28.1. The van der Waals surface area contributed by atoms with Crippen LogP contribution in [0.4, 0.5) is 5.69 Å². The lowest BCUT2D eigenvalue weighted by Gasteiger charge is -2.31. The molecular weight excluding hydrogens is 286 g/mol. The van der Waals surface area contributed by atoms with Gasteiger partial charge >= 0.3 is 11.9 Å². The molecule has 7 heteroatoms. The quantitative estimate of drug-likeness (QED) is 0.883. The number of aliphatic carboxylic acids is 2. The Morgan fingerprint density at radius 2 is 1.91 bits per heavy atom. The molecule has 1 saturated heterocycles. The first-order valence-electron chi connectivity index (χ1n) is 7.20. The highest BCUT2D eigenvalue weighted by Crippen LogP contribution is 2.24. The van der Waals surface area contributed by atoms with E-state index in [4.69, 9.17) is 10.2 Å². The number of hydrogen-bond donors (Lipinski definition) is 2. The van der Waals surface area contributed by atoms with Crippen molar-refractivity contribution < 1.29 is 19.8 Å². The second kappa shape index (κ2) is 5.67. The lowest BCUT2D eigenvalue weighted by molar-refractivity contribution is -0.142. The van der Waals surface area contributed by atoms with Gasteiger partial charge in [0, 0.05) is 25.5 Å². The fourth-order valence-electron chi connectivity index (χ4n) is 2.84. The van der Waals surface area contributed by atoms with Crippen LogP contribution in [0.3, 0.4) is 0 Å². The molecule has 1 aliphatic heterocycles. The average Bonchev–Trinajstić information content (AvgIpc) is 2.87. The highest BCUT2D eigenvalue weighted by Gasteiger charge is 2.24. The van der Waals surface area contributed by atoms with Crippen molar-refractivity contribution in [2.24, 2.45) is 5.92 Å². The maximum Gasteiger partial charge on any atom is 0.309 e. The van der Waals surface area contributed by atoms with E-state index >= 15 is 0 Å². The Hall–Kier alpha value is -2.57. The van der Waals surface area contributed by atoms with Gasteiger partial charge < -0.3 is 19.5 Å². The van der Waals surface area contributed by atoms with Crippen LogP contribution in [0.2, 0.25) is 0 Å². The van der Waals surface area contributed by atoms with Gasteiger partial charge in [-0.15, -0.1) is 0 Å². The van der Waals surface area contributed by atoms with Gasteiger partial charge in [-0.25, -0.2) is 4.98 Å². The van der Waals surface area contributed by atoms with Gasteiger partial charge in [0.05, 0.1) is 23.7 Å². The molecule has 1 aliphatic rings. The van der Waals surface area contributed by atoms with Gasteiger partial charge in [-0.05, 0) is 25.0 Å². The summed E-state index contributed by atoms with van der Waals surface area (Å²) in [5.74, 6) is -1.88. The van der Waals surface area contributed by atoms with Crippen LogP contribution in [-0.2, 0) is 16.0 Å². The van der Waals surface area contributed by atoms with Crippen LogP contribution < -0.4 is 4.90 Å². The van der Waals surface area contributed by atoms with Gasteiger partial charge in [-0.2, -0.15) is 0 Å². The summed E-state index contributed by atoms with van der Waals surface area (Å²) >= 11 is 0. The molecular formula is C15H17N3O4. The van der Waals surface area contributed by atoms with Crippen LogP contribution in [0.1, 0.15) is 18.5 Å². The number of nitrogens with zero attached hydrogens (tertiary/aromatic N) is 3. The van der Waals surface area contributed by atoms with Crippen molar-refractivity contribution in [3.8, 4) is 0 Å². The molecule has 0 atom stereocenters. The number of carbonyl (C=O) groups is 2. The van der Waals surface area contributed by atoms with E-state index < -0.39 is 11.9 Å². The number of pyridine rings is 1. The summed E-state index contributed by atoms with van der Waals surface area (Å²) in [6, 6.07) is 3.79. The molecule has 116 valence electrons. The van der Waals surface area contributed by atoms with Crippen LogP contribution >= 0.6 is 0 Å². The summed E-state index contributed by atoms with van der Waals surface area (Å²) in [6.45, 7) is 1.41. The highest BCUT2D eigenvalue weighted by molar-refractivity contribution is 5.71. The van der Waals surface area contributed by atoms with E-state index in [-0.39, 0.29) is 12.3 Å². The average molecular weight is 303 g/mol. The number of aromatic nitrogens is 2. The topological polar surface area (TPSA) is 95.1 Å². The Bertz CT molecular complexity index is 717. The van der Waals surface area contributed by atoms with Gasteiger partial charge in [0.1, 0.15) is 5.65 Å². The zero-order chi connectivity index (χ0) is 15.7. The van der Waals surface area contributed by atoms with Gasteiger partial charge in [0.15, 0.2) is 0 Å². The molecule has 22 heavy (non-hydrogen) atoms. The minimum atomic E-state index is -0.903. The molecule has 0 aromatic carbocycles. The van der Waals surface area contributed by atoms with Crippen LogP contribution in [0.5, 0.6) is 0 Å². The van der Waals surface area contributed by atoms with Crippen LogP contribution in [0.25, 0.3) is 5.65 Å². The number of carboxylic acids is 2. The van der Waals surface area contributed by atoms with E-state index in [1.54, 1.807) is 6.20 Å². The summed E-state index contributed by atoms with van der Waals surface area (Å²) in [7, 11) is 0. The minimum Gasteiger partial charge on any atom is -0.481 e. The first kappa shape index (κ1) is 14.4. The molecule has 0 amide bonds. The normalized spacial score (nSPS) is 16.1.